The number of rotatable bonds is 4. The number of carbonyl (C=O) groups excluding carboxylic acids is 1. The van der Waals surface area contributed by atoms with Crippen LogP contribution in [0.1, 0.15) is 15.4 Å². The van der Waals surface area contributed by atoms with Gasteiger partial charge in [0.2, 0.25) is 5.88 Å². The summed E-state index contributed by atoms with van der Waals surface area (Å²) >= 11 is 1.23. The average Bonchev–Trinajstić information content (AvgIpc) is 3.13. The van der Waals surface area contributed by atoms with Crippen molar-refractivity contribution in [3.63, 3.8) is 0 Å². The van der Waals surface area contributed by atoms with E-state index in [-0.39, 0.29) is 11.7 Å². The minimum absolute atomic E-state index is 0.281. The van der Waals surface area contributed by atoms with E-state index in [0.717, 1.165) is 0 Å². The van der Waals surface area contributed by atoms with Gasteiger partial charge in [-0.2, -0.15) is 5.10 Å². The largest absolute Gasteiger partial charge is 0.480 e. The highest BCUT2D eigenvalue weighted by molar-refractivity contribution is 7.17. The summed E-state index contributed by atoms with van der Waals surface area (Å²) in [4.78, 5) is 13.7. The molecule has 1 aromatic carbocycles. The highest BCUT2D eigenvalue weighted by Crippen LogP contribution is 2.32. The van der Waals surface area contributed by atoms with Crippen molar-refractivity contribution in [2.75, 3.05) is 12.4 Å². The van der Waals surface area contributed by atoms with Crippen molar-refractivity contribution in [2.45, 2.75) is 6.92 Å². The molecule has 3 aromatic rings. The zero-order valence-corrected chi connectivity index (χ0v) is 14.3. The Balaban J connectivity index is 1.86. The molecule has 2 heterocycles. The second-order valence-corrected chi connectivity index (χ2v) is 6.27. The zero-order chi connectivity index (χ0) is 17.3. The molecule has 24 heavy (non-hydrogen) atoms. The van der Waals surface area contributed by atoms with E-state index in [1.165, 1.54) is 24.5 Å². The number of aryl methyl sites for hydroxylation is 2. The van der Waals surface area contributed by atoms with Crippen LogP contribution in [0.5, 0.6) is 5.88 Å². The molecule has 124 valence electrons. The number of nitrogens with zero attached hydrogens (tertiary/aromatic N) is 2. The van der Waals surface area contributed by atoms with Gasteiger partial charge in [0.1, 0.15) is 11.5 Å². The van der Waals surface area contributed by atoms with Gasteiger partial charge >= 0.3 is 0 Å². The minimum Gasteiger partial charge on any atom is -0.480 e. The van der Waals surface area contributed by atoms with Crippen LogP contribution in [0, 0.1) is 12.7 Å². The summed E-state index contributed by atoms with van der Waals surface area (Å²) in [5.74, 6) is -0.111. The fraction of sp³-hybridized carbons (Fsp3) is 0.176. The molecule has 0 spiro atoms. The molecule has 7 heteroatoms. The summed E-state index contributed by atoms with van der Waals surface area (Å²) in [6.07, 6.45) is 0. The van der Waals surface area contributed by atoms with E-state index >= 15 is 0 Å². The molecule has 0 aliphatic rings. The third-order valence-corrected chi connectivity index (χ3v) is 4.69. The number of benzene rings is 1. The van der Waals surface area contributed by atoms with Crippen LogP contribution in [-0.4, -0.2) is 22.8 Å². The molecule has 0 fully saturated rings. The van der Waals surface area contributed by atoms with Gasteiger partial charge in [-0.1, -0.05) is 18.2 Å². The number of aromatic nitrogens is 2. The highest BCUT2D eigenvalue weighted by Gasteiger charge is 2.19. The molecule has 5 nitrogen and oxygen atoms in total. The van der Waals surface area contributed by atoms with E-state index in [0.29, 0.717) is 32.6 Å². The van der Waals surface area contributed by atoms with Crippen LogP contribution in [0.15, 0.2) is 36.4 Å². The van der Waals surface area contributed by atoms with Gasteiger partial charge in [0.15, 0.2) is 0 Å². The maximum atomic E-state index is 13.9. The van der Waals surface area contributed by atoms with E-state index in [4.69, 9.17) is 4.74 Å². The number of nitrogens with one attached hydrogen (secondary N) is 1. The predicted molar refractivity (Wildman–Crippen MR) is 92.2 cm³/mol. The van der Waals surface area contributed by atoms with E-state index in [2.05, 4.69) is 10.4 Å². The Kier molecular flexibility index (Phi) is 4.35. The van der Waals surface area contributed by atoms with Crippen LogP contribution in [0.4, 0.5) is 10.1 Å². The molecule has 0 radical (unpaired) electrons. The Morgan fingerprint density at radius 1 is 1.29 bits per heavy atom. The first-order valence-electron chi connectivity index (χ1n) is 7.25. The first-order chi connectivity index (χ1) is 11.5. The van der Waals surface area contributed by atoms with Crippen molar-refractivity contribution < 1.29 is 13.9 Å². The predicted octanol–water partition coefficient (Wildman–Crippen LogP) is 3.86. The molecule has 1 amide bonds. The second-order valence-electron chi connectivity index (χ2n) is 5.19. The minimum atomic E-state index is -0.309. The third kappa shape index (κ3) is 2.90. The first kappa shape index (κ1) is 16.2. The Bertz CT molecular complexity index is 901. The lowest BCUT2D eigenvalue weighted by atomic mass is 10.2. The van der Waals surface area contributed by atoms with Gasteiger partial charge in [0.25, 0.3) is 5.91 Å². The van der Waals surface area contributed by atoms with Gasteiger partial charge in [-0.05, 0) is 25.1 Å². The lowest BCUT2D eigenvalue weighted by Gasteiger charge is -2.06. The number of methoxy groups -OCH3 is 1. The van der Waals surface area contributed by atoms with Gasteiger partial charge in [0, 0.05) is 17.5 Å². The number of amides is 1. The summed E-state index contributed by atoms with van der Waals surface area (Å²) in [7, 11) is 3.26. The number of hydrogen-bond acceptors (Lipinski definition) is 4. The van der Waals surface area contributed by atoms with Crippen LogP contribution in [0.3, 0.4) is 0 Å². The molecular weight excluding hydrogens is 329 g/mol. The SMILES string of the molecule is COc1c(NC(=O)c2ccc(-c3ccccc3F)s2)c(C)nn1C. The number of carbonyl (C=O) groups is 1. The van der Waals surface area contributed by atoms with Crippen LogP contribution in [0.25, 0.3) is 10.4 Å². The van der Waals surface area contributed by atoms with E-state index < -0.39 is 0 Å². The lowest BCUT2D eigenvalue weighted by Crippen LogP contribution is -2.11. The van der Waals surface area contributed by atoms with Crippen LogP contribution in [0.2, 0.25) is 0 Å². The number of ether oxygens (including phenoxy) is 1. The highest BCUT2D eigenvalue weighted by atomic mass is 32.1. The number of hydrogen-bond donors (Lipinski definition) is 1. The quantitative estimate of drug-likeness (QED) is 0.781. The van der Waals surface area contributed by atoms with E-state index in [9.17, 15) is 9.18 Å². The average molecular weight is 345 g/mol. The van der Waals surface area contributed by atoms with Crippen molar-refractivity contribution in [1.29, 1.82) is 0 Å². The fourth-order valence-electron chi connectivity index (χ4n) is 2.46. The van der Waals surface area contributed by atoms with Crippen LogP contribution in [-0.2, 0) is 7.05 Å². The molecule has 0 atom stereocenters. The molecule has 3 rings (SSSR count). The van der Waals surface area contributed by atoms with Crippen molar-refractivity contribution in [3.05, 3.63) is 52.8 Å². The van der Waals surface area contributed by atoms with Gasteiger partial charge in [0.05, 0.1) is 17.7 Å². The lowest BCUT2D eigenvalue weighted by molar-refractivity contribution is 0.103. The molecule has 0 aliphatic heterocycles. The Morgan fingerprint density at radius 2 is 2.04 bits per heavy atom. The van der Waals surface area contributed by atoms with Crippen LogP contribution < -0.4 is 10.1 Å². The first-order valence-corrected chi connectivity index (χ1v) is 8.06. The summed E-state index contributed by atoms with van der Waals surface area (Å²) in [5.41, 5.74) is 1.68. The maximum Gasteiger partial charge on any atom is 0.265 e. The Labute approximate surface area is 142 Å². The molecule has 0 bridgehead atoms. The molecule has 2 aromatic heterocycles. The molecule has 0 saturated heterocycles. The third-order valence-electron chi connectivity index (χ3n) is 3.57. The number of thiophene rings is 1. The fourth-order valence-corrected chi connectivity index (χ4v) is 3.38. The summed E-state index contributed by atoms with van der Waals surface area (Å²) < 4.78 is 20.7. The van der Waals surface area contributed by atoms with Crippen molar-refractivity contribution in [3.8, 4) is 16.3 Å². The molecule has 0 aliphatic carbocycles. The van der Waals surface area contributed by atoms with Gasteiger partial charge in [-0.15, -0.1) is 11.3 Å². The van der Waals surface area contributed by atoms with Gasteiger partial charge in [-0.3, -0.25) is 4.79 Å². The number of halogens is 1. The Hall–Kier alpha value is -2.67. The standard InChI is InChI=1S/C17H16FN3O2S/c1-10-15(17(23-3)21(2)20-10)19-16(22)14-9-8-13(24-14)11-6-4-5-7-12(11)18/h4-9H,1-3H3,(H,19,22). The maximum absolute atomic E-state index is 13.9. The summed E-state index contributed by atoms with van der Waals surface area (Å²) in [6, 6.07) is 9.92. The smallest absolute Gasteiger partial charge is 0.265 e. The molecule has 1 N–H and O–H groups in total. The van der Waals surface area contributed by atoms with Gasteiger partial charge < -0.3 is 10.1 Å². The Morgan fingerprint density at radius 3 is 2.75 bits per heavy atom. The summed E-state index contributed by atoms with van der Waals surface area (Å²) in [5, 5.41) is 7.04. The number of anilines is 1. The second kappa shape index (κ2) is 6.45. The van der Waals surface area contributed by atoms with E-state index in [1.54, 1.807) is 49.0 Å². The van der Waals surface area contributed by atoms with Crippen molar-refractivity contribution in [1.82, 2.24) is 9.78 Å². The normalized spacial score (nSPS) is 10.7. The molecule has 0 saturated carbocycles. The zero-order valence-electron chi connectivity index (χ0n) is 13.5. The van der Waals surface area contributed by atoms with Gasteiger partial charge in [-0.25, -0.2) is 9.07 Å². The topological polar surface area (TPSA) is 56.1 Å². The van der Waals surface area contributed by atoms with Crippen LogP contribution >= 0.6 is 11.3 Å². The van der Waals surface area contributed by atoms with Crippen molar-refractivity contribution in [2.24, 2.45) is 7.05 Å². The summed E-state index contributed by atoms with van der Waals surface area (Å²) in [6.45, 7) is 1.79. The monoisotopic (exact) mass is 345 g/mol. The molecular formula is C17H16FN3O2S. The van der Waals surface area contributed by atoms with E-state index in [1.807, 2.05) is 0 Å². The van der Waals surface area contributed by atoms with Crippen molar-refractivity contribution >= 4 is 22.9 Å². The molecule has 0 unspecified atom stereocenters.